The first-order chi connectivity index (χ1) is 8.99. The molecule has 2 N–H and O–H groups in total. The Morgan fingerprint density at radius 2 is 1.79 bits per heavy atom. The van der Waals surface area contributed by atoms with Crippen molar-refractivity contribution in [3.8, 4) is 5.75 Å². The van der Waals surface area contributed by atoms with Crippen molar-refractivity contribution in [2.24, 2.45) is 5.73 Å². The summed E-state index contributed by atoms with van der Waals surface area (Å²) in [5, 5.41) is 0. The summed E-state index contributed by atoms with van der Waals surface area (Å²) in [7, 11) is 0. The molecule has 3 nitrogen and oxygen atoms in total. The van der Waals surface area contributed by atoms with Gasteiger partial charge in [0.2, 0.25) is 0 Å². The quantitative estimate of drug-likeness (QED) is 0.829. The summed E-state index contributed by atoms with van der Waals surface area (Å²) in [5.41, 5.74) is 6.86. The molecule has 0 aromatic heterocycles. The van der Waals surface area contributed by atoms with Gasteiger partial charge in [-0.3, -0.25) is 4.90 Å². The van der Waals surface area contributed by atoms with Crippen LogP contribution in [0.2, 0.25) is 0 Å². The number of nitrogens with zero attached hydrogens (tertiary/aromatic N) is 1. The van der Waals surface area contributed by atoms with Crippen LogP contribution in [0.4, 0.5) is 8.78 Å². The number of hydrogen-bond donors (Lipinski definition) is 1. The van der Waals surface area contributed by atoms with Crippen molar-refractivity contribution in [2.75, 3.05) is 13.1 Å². The van der Waals surface area contributed by atoms with Crippen molar-refractivity contribution in [2.45, 2.75) is 39.5 Å². The fourth-order valence-corrected chi connectivity index (χ4v) is 2.28. The maximum absolute atomic E-state index is 12.1. The highest BCUT2D eigenvalue weighted by Crippen LogP contribution is 2.24. The van der Waals surface area contributed by atoms with Crippen molar-refractivity contribution in [3.63, 3.8) is 0 Å². The lowest BCUT2D eigenvalue weighted by Gasteiger charge is -2.33. The largest absolute Gasteiger partial charge is 0.435 e. The monoisotopic (exact) mass is 272 g/mol. The van der Waals surface area contributed by atoms with Gasteiger partial charge in [0.25, 0.3) is 0 Å². The van der Waals surface area contributed by atoms with Crippen molar-refractivity contribution in [1.82, 2.24) is 4.90 Å². The molecule has 108 valence electrons. The summed E-state index contributed by atoms with van der Waals surface area (Å²) in [6.45, 7) is 4.88. The minimum atomic E-state index is -2.79. The molecule has 0 aliphatic carbocycles. The molecule has 0 bridgehead atoms. The molecule has 0 amide bonds. The molecule has 1 aromatic rings. The Kier molecular flexibility index (Phi) is 6.18. The van der Waals surface area contributed by atoms with E-state index in [1.54, 1.807) is 24.3 Å². The number of likely N-dealkylation sites (N-methyl/N-ethyl adjacent to an activating group) is 1. The first-order valence-corrected chi connectivity index (χ1v) is 6.50. The molecule has 0 radical (unpaired) electrons. The smallest absolute Gasteiger partial charge is 0.387 e. The molecule has 0 saturated carbocycles. The molecule has 5 heteroatoms. The van der Waals surface area contributed by atoms with E-state index >= 15 is 0 Å². The molecule has 0 aliphatic rings. The van der Waals surface area contributed by atoms with E-state index in [-0.39, 0.29) is 11.8 Å². The second-order valence-corrected chi connectivity index (χ2v) is 4.62. The maximum Gasteiger partial charge on any atom is 0.387 e. The Labute approximate surface area is 113 Å². The number of alkyl halides is 2. The molecule has 19 heavy (non-hydrogen) atoms. The average molecular weight is 272 g/mol. The Morgan fingerprint density at radius 1 is 1.21 bits per heavy atom. The van der Waals surface area contributed by atoms with Gasteiger partial charge in [-0.25, -0.2) is 0 Å². The van der Waals surface area contributed by atoms with Gasteiger partial charge in [-0.15, -0.1) is 0 Å². The fraction of sp³-hybridized carbons (Fsp3) is 0.571. The second kappa shape index (κ2) is 7.40. The summed E-state index contributed by atoms with van der Waals surface area (Å²) >= 11 is 0. The van der Waals surface area contributed by atoms with Crippen molar-refractivity contribution >= 4 is 0 Å². The topological polar surface area (TPSA) is 38.5 Å². The van der Waals surface area contributed by atoms with Crippen LogP contribution in [0.1, 0.15) is 32.4 Å². The van der Waals surface area contributed by atoms with E-state index in [0.717, 1.165) is 12.1 Å². The van der Waals surface area contributed by atoms with Gasteiger partial charge in [-0.05, 0) is 38.1 Å². The number of nitrogens with two attached hydrogens (primary N) is 1. The minimum absolute atomic E-state index is 0.0885. The zero-order valence-corrected chi connectivity index (χ0v) is 11.6. The van der Waals surface area contributed by atoms with Gasteiger partial charge in [0, 0.05) is 18.6 Å². The highest BCUT2D eigenvalue weighted by atomic mass is 19.3. The Balaban J connectivity index is 2.87. The second-order valence-electron chi connectivity index (χ2n) is 4.62. The molecule has 0 fully saturated rings. The summed E-state index contributed by atoms with van der Waals surface area (Å²) in [4.78, 5) is 2.27. The van der Waals surface area contributed by atoms with Crippen molar-refractivity contribution < 1.29 is 13.5 Å². The van der Waals surface area contributed by atoms with E-state index in [2.05, 4.69) is 30.4 Å². The van der Waals surface area contributed by atoms with Crippen LogP contribution in [0.5, 0.6) is 5.75 Å². The third-order valence-electron chi connectivity index (χ3n) is 3.14. The van der Waals surface area contributed by atoms with Crippen molar-refractivity contribution in [1.29, 1.82) is 0 Å². The van der Waals surface area contributed by atoms with E-state index in [1.807, 2.05) is 0 Å². The van der Waals surface area contributed by atoms with Gasteiger partial charge >= 0.3 is 6.61 Å². The molecule has 1 aromatic carbocycles. The lowest BCUT2D eigenvalue weighted by atomic mass is 10.0. The molecular formula is C14H22F2N2O. The first kappa shape index (κ1) is 15.9. The van der Waals surface area contributed by atoms with E-state index < -0.39 is 6.61 Å². The Bertz CT molecular complexity index is 368. The molecule has 0 aliphatic heterocycles. The minimum Gasteiger partial charge on any atom is -0.435 e. The van der Waals surface area contributed by atoms with E-state index in [9.17, 15) is 8.78 Å². The normalized spacial score (nSPS) is 13.3. The van der Waals surface area contributed by atoms with E-state index in [1.165, 1.54) is 0 Å². The van der Waals surface area contributed by atoms with Gasteiger partial charge in [0.1, 0.15) is 5.75 Å². The van der Waals surface area contributed by atoms with Crippen LogP contribution in [0.3, 0.4) is 0 Å². The van der Waals surface area contributed by atoms with Gasteiger partial charge in [-0.1, -0.05) is 19.1 Å². The zero-order valence-electron chi connectivity index (χ0n) is 11.6. The van der Waals surface area contributed by atoms with Crippen LogP contribution >= 0.6 is 0 Å². The summed E-state index contributed by atoms with van der Waals surface area (Å²) in [5.74, 6) is 0.169. The number of halogens is 2. The van der Waals surface area contributed by atoms with Crippen LogP contribution in [-0.2, 0) is 0 Å². The number of hydrogen-bond acceptors (Lipinski definition) is 3. The van der Waals surface area contributed by atoms with Crippen LogP contribution in [0, 0.1) is 0 Å². The summed E-state index contributed by atoms with van der Waals surface area (Å²) in [6, 6.07) is 7.15. The third kappa shape index (κ3) is 4.44. The first-order valence-electron chi connectivity index (χ1n) is 6.50. The van der Waals surface area contributed by atoms with Gasteiger partial charge < -0.3 is 10.5 Å². The van der Waals surface area contributed by atoms with Crippen LogP contribution in [-0.4, -0.2) is 30.6 Å². The molecule has 0 spiro atoms. The van der Waals surface area contributed by atoms with E-state index in [4.69, 9.17) is 5.73 Å². The summed E-state index contributed by atoms with van der Waals surface area (Å²) in [6.07, 6.45) is 0. The molecular weight excluding hydrogens is 250 g/mol. The fourth-order valence-electron chi connectivity index (χ4n) is 2.28. The van der Waals surface area contributed by atoms with Crippen LogP contribution < -0.4 is 10.5 Å². The number of benzene rings is 1. The Morgan fingerprint density at radius 3 is 2.16 bits per heavy atom. The highest BCUT2D eigenvalue weighted by molar-refractivity contribution is 5.29. The molecule has 1 unspecified atom stereocenters. The third-order valence-corrected chi connectivity index (χ3v) is 3.14. The maximum atomic E-state index is 12.1. The van der Waals surface area contributed by atoms with E-state index in [0.29, 0.717) is 12.6 Å². The predicted octanol–water partition coefficient (Wildman–Crippen LogP) is 3.02. The Hall–Kier alpha value is -1.20. The van der Waals surface area contributed by atoms with Gasteiger partial charge in [0.15, 0.2) is 0 Å². The number of ether oxygens (including phenoxy) is 1. The van der Waals surface area contributed by atoms with Gasteiger partial charge in [-0.2, -0.15) is 8.78 Å². The molecule has 1 rings (SSSR count). The van der Waals surface area contributed by atoms with Gasteiger partial charge in [0.05, 0.1) is 0 Å². The average Bonchev–Trinajstić information content (AvgIpc) is 2.35. The lowest BCUT2D eigenvalue weighted by molar-refractivity contribution is -0.0498. The number of rotatable bonds is 7. The van der Waals surface area contributed by atoms with Crippen LogP contribution in [0.25, 0.3) is 0 Å². The van der Waals surface area contributed by atoms with Crippen molar-refractivity contribution in [3.05, 3.63) is 29.8 Å². The highest BCUT2D eigenvalue weighted by Gasteiger charge is 2.20. The molecule has 0 saturated heterocycles. The van der Waals surface area contributed by atoms with Crippen LogP contribution in [0.15, 0.2) is 24.3 Å². The molecule has 0 heterocycles. The standard InChI is InChI=1S/C14H22F2N2O/c1-4-18(10(2)3)13(9-17)11-5-7-12(8-6-11)19-14(15)16/h5-8,10,13-14H,4,9,17H2,1-3H3. The molecule has 1 atom stereocenters. The SMILES string of the molecule is CCN(C(C)C)C(CN)c1ccc(OC(F)F)cc1. The summed E-state index contributed by atoms with van der Waals surface area (Å²) < 4.78 is 28.5. The zero-order chi connectivity index (χ0) is 14.4. The lowest BCUT2D eigenvalue weighted by Crippen LogP contribution is -2.38. The predicted molar refractivity (Wildman–Crippen MR) is 72.4 cm³/mol.